The van der Waals surface area contributed by atoms with Crippen LogP contribution in [-0.4, -0.2) is 38.6 Å². The third kappa shape index (κ3) is 2.57. The maximum Gasteiger partial charge on any atom is 0.250 e. The molecule has 0 saturated heterocycles. The molecule has 2 atom stereocenters. The first-order chi connectivity index (χ1) is 12.0. The van der Waals surface area contributed by atoms with Crippen molar-refractivity contribution in [3.8, 4) is 0 Å². The van der Waals surface area contributed by atoms with E-state index in [1.54, 1.807) is 11.0 Å². The largest absolute Gasteiger partial charge is 0.511 e. The Kier molecular flexibility index (Phi) is 3.56. The minimum absolute atomic E-state index is 0.215. The number of rotatable bonds is 2. The van der Waals surface area contributed by atoms with Gasteiger partial charge in [0.1, 0.15) is 11.7 Å². The van der Waals surface area contributed by atoms with E-state index in [-0.39, 0.29) is 17.6 Å². The molecule has 0 saturated carbocycles. The summed E-state index contributed by atoms with van der Waals surface area (Å²) in [5, 5.41) is 19.9. The van der Waals surface area contributed by atoms with E-state index in [1.807, 2.05) is 31.2 Å². The zero-order valence-corrected chi connectivity index (χ0v) is 13.7. The number of fused-ring (bicyclic) bond motifs is 3. The van der Waals surface area contributed by atoms with Crippen molar-refractivity contribution >= 4 is 17.6 Å². The van der Waals surface area contributed by atoms with Gasteiger partial charge in [-0.25, -0.2) is 0 Å². The molecule has 4 rings (SSSR count). The van der Waals surface area contributed by atoms with Gasteiger partial charge in [-0.3, -0.25) is 14.7 Å². The molecule has 2 amide bonds. The lowest BCUT2D eigenvalue weighted by molar-refractivity contribution is -0.134. The van der Waals surface area contributed by atoms with E-state index in [1.165, 1.54) is 0 Å². The Labute approximate surface area is 144 Å². The van der Waals surface area contributed by atoms with Crippen molar-refractivity contribution in [1.29, 1.82) is 0 Å². The highest BCUT2D eigenvalue weighted by Crippen LogP contribution is 2.41. The number of nitrogens with one attached hydrogen (secondary N) is 2. The fourth-order valence-electron chi connectivity index (χ4n) is 3.63. The van der Waals surface area contributed by atoms with Crippen LogP contribution in [0.4, 0.5) is 5.82 Å². The van der Waals surface area contributed by atoms with Crippen molar-refractivity contribution in [3.63, 3.8) is 0 Å². The Morgan fingerprint density at radius 1 is 1.40 bits per heavy atom. The molecule has 7 nitrogen and oxygen atoms in total. The predicted molar refractivity (Wildman–Crippen MR) is 90.8 cm³/mol. The topological polar surface area (TPSA) is 98.3 Å². The van der Waals surface area contributed by atoms with Crippen LogP contribution in [0.3, 0.4) is 0 Å². The number of aliphatic hydroxyl groups is 1. The molecule has 0 radical (unpaired) electrons. The smallest absolute Gasteiger partial charge is 0.250 e. The molecule has 3 heterocycles. The van der Waals surface area contributed by atoms with E-state index < -0.39 is 12.0 Å². The number of H-pyrrole nitrogens is 1. The van der Waals surface area contributed by atoms with Crippen molar-refractivity contribution < 1.29 is 14.7 Å². The number of nitrogens with zero attached hydrogens (tertiary/aromatic N) is 2. The summed E-state index contributed by atoms with van der Waals surface area (Å²) in [7, 11) is 0. The number of carbonyl (C=O) groups is 2. The first-order valence-electron chi connectivity index (χ1n) is 8.16. The summed E-state index contributed by atoms with van der Waals surface area (Å²) < 4.78 is 0. The molecule has 1 aromatic carbocycles. The first kappa shape index (κ1) is 15.4. The number of aryl methyl sites for hydroxylation is 1. The molecule has 2 aliphatic heterocycles. The van der Waals surface area contributed by atoms with Gasteiger partial charge in [0.25, 0.3) is 5.91 Å². The van der Waals surface area contributed by atoms with Gasteiger partial charge in [-0.2, -0.15) is 5.10 Å². The first-order valence-corrected chi connectivity index (χ1v) is 8.16. The van der Waals surface area contributed by atoms with Crippen LogP contribution in [0.2, 0.25) is 0 Å². The molecule has 0 unspecified atom stereocenters. The zero-order chi connectivity index (χ0) is 17.6. The van der Waals surface area contributed by atoms with Crippen LogP contribution in [0.15, 0.2) is 42.2 Å². The minimum atomic E-state index is -0.865. The molecule has 0 fully saturated rings. The predicted octanol–water partition coefficient (Wildman–Crippen LogP) is 1.85. The number of anilines is 1. The SMILES string of the molecule is Cc1cc(NC(=O)[C@@H]2C(O)=CC(=O)N3CCc4ccccc4[C@H]23)n[nH]1. The van der Waals surface area contributed by atoms with Gasteiger partial charge in [0.2, 0.25) is 5.91 Å². The van der Waals surface area contributed by atoms with E-state index in [9.17, 15) is 14.7 Å². The lowest BCUT2D eigenvalue weighted by Gasteiger charge is -2.42. The molecule has 0 spiro atoms. The highest BCUT2D eigenvalue weighted by Gasteiger charge is 2.44. The quantitative estimate of drug-likeness (QED) is 0.778. The fourth-order valence-corrected chi connectivity index (χ4v) is 3.63. The Morgan fingerprint density at radius 2 is 2.20 bits per heavy atom. The summed E-state index contributed by atoms with van der Waals surface area (Å²) in [6, 6.07) is 8.93. The average Bonchev–Trinajstić information content (AvgIpc) is 2.99. The summed E-state index contributed by atoms with van der Waals surface area (Å²) in [4.78, 5) is 26.8. The molecule has 1 aromatic heterocycles. The molecule has 2 aromatic rings. The van der Waals surface area contributed by atoms with Gasteiger partial charge >= 0.3 is 0 Å². The Hall–Kier alpha value is -3.09. The zero-order valence-electron chi connectivity index (χ0n) is 13.7. The van der Waals surface area contributed by atoms with Crippen molar-refractivity contribution in [1.82, 2.24) is 15.1 Å². The van der Waals surface area contributed by atoms with E-state index in [4.69, 9.17) is 0 Å². The third-order valence-corrected chi connectivity index (χ3v) is 4.76. The van der Waals surface area contributed by atoms with Crippen molar-refractivity contribution in [2.75, 3.05) is 11.9 Å². The maximum atomic E-state index is 12.9. The van der Waals surface area contributed by atoms with Crippen LogP contribution in [0.5, 0.6) is 0 Å². The van der Waals surface area contributed by atoms with E-state index in [0.717, 1.165) is 29.3 Å². The lowest BCUT2D eigenvalue weighted by Crippen LogP contribution is -2.49. The monoisotopic (exact) mass is 338 g/mol. The molecule has 0 bridgehead atoms. The standard InChI is InChI=1S/C18H18N4O3/c1-10-8-14(21-20-10)19-18(25)16-13(23)9-15(24)22-7-6-11-4-2-3-5-12(11)17(16)22/h2-5,8-9,16-17,23H,6-7H2,1H3,(H2,19,20,21,25)/t16-,17-/m1/s1. The average molecular weight is 338 g/mol. The van der Waals surface area contributed by atoms with E-state index >= 15 is 0 Å². The van der Waals surface area contributed by atoms with Gasteiger partial charge in [0.05, 0.1) is 6.04 Å². The minimum Gasteiger partial charge on any atom is -0.511 e. The third-order valence-electron chi connectivity index (χ3n) is 4.76. The summed E-state index contributed by atoms with van der Waals surface area (Å²) in [6.45, 7) is 2.36. The van der Waals surface area contributed by atoms with Gasteiger partial charge in [-0.1, -0.05) is 24.3 Å². The second-order valence-corrected chi connectivity index (χ2v) is 6.40. The Bertz CT molecular complexity index is 886. The molecule has 25 heavy (non-hydrogen) atoms. The van der Waals surface area contributed by atoms with Gasteiger partial charge in [-0.15, -0.1) is 0 Å². The number of aliphatic hydroxyl groups excluding tert-OH is 1. The maximum absolute atomic E-state index is 12.9. The molecule has 7 heteroatoms. The number of amides is 2. The molecule has 0 aliphatic carbocycles. The second kappa shape index (κ2) is 5.77. The van der Waals surface area contributed by atoms with Crippen LogP contribution in [-0.2, 0) is 16.0 Å². The highest BCUT2D eigenvalue weighted by molar-refractivity contribution is 5.98. The van der Waals surface area contributed by atoms with Crippen molar-refractivity contribution in [2.45, 2.75) is 19.4 Å². The number of aromatic amines is 1. The summed E-state index contributed by atoms with van der Waals surface area (Å²) >= 11 is 0. The summed E-state index contributed by atoms with van der Waals surface area (Å²) in [5.41, 5.74) is 2.82. The molecular weight excluding hydrogens is 320 g/mol. The van der Waals surface area contributed by atoms with Gasteiger partial charge in [0, 0.05) is 24.4 Å². The van der Waals surface area contributed by atoms with Gasteiger partial charge in [0.15, 0.2) is 5.82 Å². The van der Waals surface area contributed by atoms with Crippen LogP contribution in [0, 0.1) is 12.8 Å². The molecular formula is C18H18N4O3. The van der Waals surface area contributed by atoms with Crippen LogP contribution >= 0.6 is 0 Å². The van der Waals surface area contributed by atoms with E-state index in [2.05, 4.69) is 15.5 Å². The number of aromatic nitrogens is 2. The molecule has 2 aliphatic rings. The number of hydrogen-bond acceptors (Lipinski definition) is 4. The normalized spacial score (nSPS) is 22.0. The van der Waals surface area contributed by atoms with Crippen molar-refractivity contribution in [2.24, 2.45) is 5.92 Å². The molecule has 128 valence electrons. The van der Waals surface area contributed by atoms with Crippen LogP contribution in [0.25, 0.3) is 0 Å². The van der Waals surface area contributed by atoms with Crippen LogP contribution in [0.1, 0.15) is 22.9 Å². The number of carbonyl (C=O) groups excluding carboxylic acids is 2. The van der Waals surface area contributed by atoms with Crippen LogP contribution < -0.4 is 5.32 Å². The Morgan fingerprint density at radius 3 is 2.96 bits per heavy atom. The molecule has 3 N–H and O–H groups in total. The summed E-state index contributed by atoms with van der Waals surface area (Å²) in [5.74, 6) is -1.34. The second-order valence-electron chi connectivity index (χ2n) is 6.40. The van der Waals surface area contributed by atoms with Crippen molar-refractivity contribution in [3.05, 3.63) is 59.0 Å². The van der Waals surface area contributed by atoms with Gasteiger partial charge < -0.3 is 15.3 Å². The van der Waals surface area contributed by atoms with E-state index in [0.29, 0.717) is 12.4 Å². The van der Waals surface area contributed by atoms with Gasteiger partial charge in [-0.05, 0) is 24.5 Å². The lowest BCUT2D eigenvalue weighted by atomic mass is 9.81. The number of hydrogen-bond donors (Lipinski definition) is 3. The summed E-state index contributed by atoms with van der Waals surface area (Å²) in [6.07, 6.45) is 1.88. The Balaban J connectivity index is 1.73. The number of benzene rings is 1. The highest BCUT2D eigenvalue weighted by atomic mass is 16.3. The fraction of sp³-hybridized carbons (Fsp3) is 0.278.